The Balaban J connectivity index is 3.19. The number of hydrogen-bond acceptors (Lipinski definition) is 4. The van der Waals surface area contributed by atoms with Crippen molar-refractivity contribution in [2.45, 2.75) is 39.0 Å². The average Bonchev–Trinajstić information content (AvgIpc) is 2.37. The zero-order valence-electron chi connectivity index (χ0n) is 11.7. The number of amides is 2. The molecule has 0 unspecified atom stereocenters. The van der Waals surface area contributed by atoms with Gasteiger partial charge in [-0.05, 0) is 25.0 Å². The van der Waals surface area contributed by atoms with Gasteiger partial charge in [-0.3, -0.25) is 9.59 Å². The Labute approximate surface area is 119 Å². The van der Waals surface area contributed by atoms with Gasteiger partial charge >= 0.3 is 0 Å². The van der Waals surface area contributed by atoms with E-state index >= 15 is 0 Å². The van der Waals surface area contributed by atoms with E-state index in [9.17, 15) is 9.59 Å². The summed E-state index contributed by atoms with van der Waals surface area (Å²) in [4.78, 5) is 22.0. The predicted molar refractivity (Wildman–Crippen MR) is 79.2 cm³/mol. The highest BCUT2D eigenvalue weighted by Crippen LogP contribution is 2.01. The lowest BCUT2D eigenvalue weighted by Crippen LogP contribution is -2.25. The van der Waals surface area contributed by atoms with Gasteiger partial charge in [0.2, 0.25) is 11.8 Å². The van der Waals surface area contributed by atoms with Gasteiger partial charge in [0, 0.05) is 38.8 Å². The number of unbranched alkanes of at least 4 members (excludes halogenated alkanes) is 2. The van der Waals surface area contributed by atoms with Crippen LogP contribution in [0.15, 0.2) is 0 Å². The van der Waals surface area contributed by atoms with E-state index in [4.69, 9.17) is 5.11 Å². The van der Waals surface area contributed by atoms with Crippen molar-refractivity contribution in [3.63, 3.8) is 0 Å². The lowest BCUT2D eigenvalue weighted by molar-refractivity contribution is -0.121. The summed E-state index contributed by atoms with van der Waals surface area (Å²) in [5.41, 5.74) is 0. The minimum Gasteiger partial charge on any atom is -0.396 e. The van der Waals surface area contributed by atoms with Crippen LogP contribution in [0, 0.1) is 0 Å². The van der Waals surface area contributed by atoms with Crippen LogP contribution in [0.1, 0.15) is 39.0 Å². The molecule has 5 nitrogen and oxygen atoms in total. The summed E-state index contributed by atoms with van der Waals surface area (Å²) in [6.07, 6.45) is 4.11. The van der Waals surface area contributed by atoms with E-state index in [0.717, 1.165) is 37.2 Å². The van der Waals surface area contributed by atoms with Crippen molar-refractivity contribution in [1.82, 2.24) is 10.6 Å². The maximum absolute atomic E-state index is 11.4. The summed E-state index contributed by atoms with van der Waals surface area (Å²) >= 11 is 1.74. The first-order valence-corrected chi connectivity index (χ1v) is 8.02. The van der Waals surface area contributed by atoms with Gasteiger partial charge < -0.3 is 15.7 Å². The van der Waals surface area contributed by atoms with Gasteiger partial charge in [-0.25, -0.2) is 0 Å². The lowest BCUT2D eigenvalue weighted by Gasteiger charge is -2.05. The molecule has 0 aromatic carbocycles. The van der Waals surface area contributed by atoms with E-state index < -0.39 is 0 Å². The number of carbonyl (C=O) groups is 2. The van der Waals surface area contributed by atoms with Gasteiger partial charge in [0.1, 0.15) is 0 Å². The quantitative estimate of drug-likeness (QED) is 0.467. The fraction of sp³-hybridized carbons (Fsp3) is 0.846. The van der Waals surface area contributed by atoms with Crippen molar-refractivity contribution < 1.29 is 14.7 Å². The third-order valence-corrected chi connectivity index (χ3v) is 3.54. The summed E-state index contributed by atoms with van der Waals surface area (Å²) in [5, 5.41) is 14.2. The van der Waals surface area contributed by atoms with Crippen LogP contribution >= 0.6 is 11.8 Å². The first-order chi connectivity index (χ1) is 9.16. The van der Waals surface area contributed by atoms with Crippen molar-refractivity contribution >= 4 is 23.6 Å². The molecule has 0 saturated heterocycles. The largest absolute Gasteiger partial charge is 0.396 e. The molecule has 0 aliphatic rings. The second-order valence-corrected chi connectivity index (χ2v) is 5.56. The number of hydrogen-bond donors (Lipinski definition) is 3. The molecular formula is C13H26N2O3S. The fourth-order valence-corrected chi connectivity index (χ4v) is 2.26. The molecule has 0 atom stereocenters. The van der Waals surface area contributed by atoms with Crippen LogP contribution in [0.4, 0.5) is 0 Å². The molecular weight excluding hydrogens is 264 g/mol. The summed E-state index contributed by atoms with van der Waals surface area (Å²) < 4.78 is 0. The van der Waals surface area contributed by atoms with Gasteiger partial charge in [0.15, 0.2) is 0 Å². The Hall–Kier alpha value is -0.750. The van der Waals surface area contributed by atoms with Gasteiger partial charge in [0.25, 0.3) is 0 Å². The molecule has 6 heteroatoms. The molecule has 0 bridgehead atoms. The molecule has 112 valence electrons. The first kappa shape index (κ1) is 18.2. The van der Waals surface area contributed by atoms with Crippen molar-refractivity contribution in [3.8, 4) is 0 Å². The number of aliphatic hydroxyl groups excluding tert-OH is 1. The number of nitrogens with one attached hydrogen (secondary N) is 2. The maximum atomic E-state index is 11.4. The minimum atomic E-state index is -0.00330. The molecule has 0 fully saturated rings. The number of carbonyl (C=O) groups excluding carboxylic acids is 2. The molecule has 0 radical (unpaired) electrons. The standard InChI is InChI=1S/C13H26N2O3S/c1-12(17)14-7-4-2-3-6-13(18)15-8-11-19-10-5-9-16/h16H,2-11H2,1H3,(H,14,17)(H,15,18). The molecule has 0 rings (SSSR count). The van der Waals surface area contributed by atoms with Crippen LogP contribution in [-0.4, -0.2) is 48.1 Å². The Morgan fingerprint density at radius 2 is 1.79 bits per heavy atom. The van der Waals surface area contributed by atoms with Crippen LogP contribution in [0.2, 0.25) is 0 Å². The van der Waals surface area contributed by atoms with Gasteiger partial charge in [-0.2, -0.15) is 11.8 Å². The molecule has 0 heterocycles. The van der Waals surface area contributed by atoms with Crippen molar-refractivity contribution in [1.29, 1.82) is 0 Å². The van der Waals surface area contributed by atoms with Gasteiger partial charge in [-0.15, -0.1) is 0 Å². The van der Waals surface area contributed by atoms with Crippen LogP contribution < -0.4 is 10.6 Å². The molecule has 0 spiro atoms. The molecule has 0 aliphatic heterocycles. The average molecular weight is 290 g/mol. The molecule has 2 amide bonds. The van der Waals surface area contributed by atoms with E-state index in [0.29, 0.717) is 19.5 Å². The lowest BCUT2D eigenvalue weighted by atomic mass is 10.2. The molecule has 3 N–H and O–H groups in total. The van der Waals surface area contributed by atoms with E-state index in [1.54, 1.807) is 11.8 Å². The Morgan fingerprint density at radius 1 is 1.00 bits per heavy atom. The van der Waals surface area contributed by atoms with Crippen LogP contribution in [0.25, 0.3) is 0 Å². The van der Waals surface area contributed by atoms with Gasteiger partial charge in [0.05, 0.1) is 0 Å². The van der Waals surface area contributed by atoms with Crippen molar-refractivity contribution in [2.24, 2.45) is 0 Å². The molecule has 19 heavy (non-hydrogen) atoms. The van der Waals surface area contributed by atoms with E-state index in [-0.39, 0.29) is 18.4 Å². The third-order valence-electron chi connectivity index (χ3n) is 2.47. The predicted octanol–water partition coefficient (Wildman–Crippen LogP) is 0.915. The number of thioether (sulfide) groups is 1. The monoisotopic (exact) mass is 290 g/mol. The zero-order valence-corrected chi connectivity index (χ0v) is 12.6. The van der Waals surface area contributed by atoms with E-state index in [1.165, 1.54) is 6.92 Å². The highest BCUT2D eigenvalue weighted by atomic mass is 32.2. The Bertz CT molecular complexity index is 250. The highest BCUT2D eigenvalue weighted by molar-refractivity contribution is 7.99. The number of aliphatic hydroxyl groups is 1. The second kappa shape index (κ2) is 13.7. The molecule has 0 aliphatic carbocycles. The SMILES string of the molecule is CC(=O)NCCCCCC(=O)NCCSCCCO. The number of rotatable bonds is 12. The Kier molecular flexibility index (Phi) is 13.1. The van der Waals surface area contributed by atoms with Crippen LogP contribution in [-0.2, 0) is 9.59 Å². The zero-order chi connectivity index (χ0) is 14.3. The first-order valence-electron chi connectivity index (χ1n) is 6.86. The van der Waals surface area contributed by atoms with Gasteiger partial charge in [-0.1, -0.05) is 6.42 Å². The van der Waals surface area contributed by atoms with Crippen LogP contribution in [0.3, 0.4) is 0 Å². The normalized spacial score (nSPS) is 10.2. The summed E-state index contributed by atoms with van der Waals surface area (Å²) in [7, 11) is 0. The smallest absolute Gasteiger partial charge is 0.220 e. The summed E-state index contributed by atoms with van der Waals surface area (Å²) in [6, 6.07) is 0. The molecule has 0 aromatic rings. The van der Waals surface area contributed by atoms with Crippen LogP contribution in [0.5, 0.6) is 0 Å². The maximum Gasteiger partial charge on any atom is 0.220 e. The van der Waals surface area contributed by atoms with Crippen molar-refractivity contribution in [3.05, 3.63) is 0 Å². The van der Waals surface area contributed by atoms with Crippen molar-refractivity contribution in [2.75, 3.05) is 31.2 Å². The second-order valence-electron chi connectivity index (χ2n) is 4.33. The topological polar surface area (TPSA) is 78.4 Å². The fourth-order valence-electron chi connectivity index (χ4n) is 1.47. The molecule has 0 saturated carbocycles. The summed E-state index contributed by atoms with van der Waals surface area (Å²) in [5.74, 6) is 1.93. The third kappa shape index (κ3) is 15.2. The summed E-state index contributed by atoms with van der Waals surface area (Å²) in [6.45, 7) is 3.13. The highest BCUT2D eigenvalue weighted by Gasteiger charge is 2.00. The van der Waals surface area contributed by atoms with E-state index in [2.05, 4.69) is 10.6 Å². The molecule has 0 aromatic heterocycles. The Morgan fingerprint density at radius 3 is 2.47 bits per heavy atom. The minimum absolute atomic E-state index is 0.00330. The van der Waals surface area contributed by atoms with E-state index in [1.807, 2.05) is 0 Å².